The first-order valence-electron chi connectivity index (χ1n) is 8.22. The van der Waals surface area contributed by atoms with E-state index in [1.807, 2.05) is 20.8 Å². The molecule has 1 aliphatic carbocycles. The lowest BCUT2D eigenvalue weighted by Gasteiger charge is -2.16. The normalized spacial score (nSPS) is 15.7. The zero-order valence-corrected chi connectivity index (χ0v) is 15.4. The van der Waals surface area contributed by atoms with Gasteiger partial charge in [0.1, 0.15) is 21.4 Å². The molecule has 0 spiro atoms. The molecule has 1 aliphatic rings. The number of thiophene rings is 1. The Balaban J connectivity index is 1.93. The number of aromatic nitrogens is 2. The summed E-state index contributed by atoms with van der Waals surface area (Å²) in [5.74, 6) is -0.150. The highest BCUT2D eigenvalue weighted by Crippen LogP contribution is 2.40. The van der Waals surface area contributed by atoms with E-state index in [0.717, 1.165) is 29.1 Å². The van der Waals surface area contributed by atoms with Crippen LogP contribution in [0.5, 0.6) is 0 Å². The maximum atomic E-state index is 12.3. The van der Waals surface area contributed by atoms with Gasteiger partial charge in [0.15, 0.2) is 0 Å². The SMILES string of the molecule is CC[C@H](Sc1ncnc2sc3c(c12)CCCC3)C(=O)OC(C)C. The molecule has 0 bridgehead atoms. The molecule has 2 heterocycles. The summed E-state index contributed by atoms with van der Waals surface area (Å²) in [4.78, 5) is 23.7. The van der Waals surface area contributed by atoms with E-state index in [2.05, 4.69) is 9.97 Å². The van der Waals surface area contributed by atoms with E-state index in [9.17, 15) is 4.79 Å². The van der Waals surface area contributed by atoms with Crippen LogP contribution in [0.1, 0.15) is 50.5 Å². The Morgan fingerprint density at radius 3 is 2.87 bits per heavy atom. The monoisotopic (exact) mass is 350 g/mol. The molecule has 0 amide bonds. The van der Waals surface area contributed by atoms with Crippen molar-refractivity contribution in [2.45, 2.75) is 69.3 Å². The summed E-state index contributed by atoms with van der Waals surface area (Å²) in [6, 6.07) is 0. The largest absolute Gasteiger partial charge is 0.462 e. The van der Waals surface area contributed by atoms with Crippen LogP contribution in [-0.4, -0.2) is 27.3 Å². The first kappa shape index (κ1) is 16.7. The second-order valence-corrected chi connectivity index (χ2v) is 8.35. The maximum Gasteiger partial charge on any atom is 0.319 e. The van der Waals surface area contributed by atoms with Gasteiger partial charge in [-0.25, -0.2) is 9.97 Å². The highest BCUT2D eigenvalue weighted by Gasteiger charge is 2.25. The van der Waals surface area contributed by atoms with Crippen LogP contribution >= 0.6 is 23.1 Å². The molecule has 0 aromatic carbocycles. The molecule has 2 aromatic rings. The van der Waals surface area contributed by atoms with Crippen LogP contribution < -0.4 is 0 Å². The van der Waals surface area contributed by atoms with Crippen LogP contribution in [0.15, 0.2) is 11.4 Å². The molecule has 0 radical (unpaired) electrons. The molecule has 0 N–H and O–H groups in total. The average Bonchev–Trinajstić information content (AvgIpc) is 2.91. The first-order valence-corrected chi connectivity index (χ1v) is 9.92. The summed E-state index contributed by atoms with van der Waals surface area (Å²) >= 11 is 3.31. The number of thioether (sulfide) groups is 1. The van der Waals surface area contributed by atoms with Gasteiger partial charge in [-0.2, -0.15) is 0 Å². The second kappa shape index (κ2) is 7.18. The summed E-state index contributed by atoms with van der Waals surface area (Å²) in [7, 11) is 0. The van der Waals surface area contributed by atoms with E-state index < -0.39 is 0 Å². The van der Waals surface area contributed by atoms with Gasteiger partial charge in [0.25, 0.3) is 0 Å². The Kier molecular flexibility index (Phi) is 5.21. The Morgan fingerprint density at radius 2 is 2.13 bits per heavy atom. The van der Waals surface area contributed by atoms with E-state index in [4.69, 9.17) is 4.74 Å². The summed E-state index contributed by atoms with van der Waals surface area (Å²) < 4.78 is 5.38. The van der Waals surface area contributed by atoms with Crippen molar-refractivity contribution >= 4 is 39.3 Å². The Bertz CT molecular complexity index is 712. The quantitative estimate of drug-likeness (QED) is 0.455. The highest BCUT2D eigenvalue weighted by molar-refractivity contribution is 8.00. The third-order valence-electron chi connectivity index (χ3n) is 3.96. The molecular weight excluding hydrogens is 328 g/mol. The van der Waals surface area contributed by atoms with Gasteiger partial charge in [-0.05, 0) is 51.5 Å². The van der Waals surface area contributed by atoms with Gasteiger partial charge in [-0.3, -0.25) is 4.79 Å². The van der Waals surface area contributed by atoms with E-state index in [-0.39, 0.29) is 17.3 Å². The van der Waals surface area contributed by atoms with Gasteiger partial charge in [-0.1, -0.05) is 18.7 Å². The zero-order chi connectivity index (χ0) is 16.4. The van der Waals surface area contributed by atoms with E-state index in [1.165, 1.54) is 40.4 Å². The van der Waals surface area contributed by atoms with Gasteiger partial charge >= 0.3 is 5.97 Å². The number of nitrogens with zero attached hydrogens (tertiary/aromatic N) is 2. The molecule has 2 aromatic heterocycles. The number of fused-ring (bicyclic) bond motifs is 3. The first-order chi connectivity index (χ1) is 11.1. The van der Waals surface area contributed by atoms with Crippen LogP contribution in [0.4, 0.5) is 0 Å². The van der Waals surface area contributed by atoms with E-state index in [0.29, 0.717) is 0 Å². The molecular formula is C17H22N2O2S2. The molecule has 0 saturated carbocycles. The molecule has 6 heteroatoms. The number of rotatable bonds is 5. The van der Waals surface area contributed by atoms with Crippen molar-refractivity contribution in [2.75, 3.05) is 0 Å². The Labute approximate surface area is 145 Å². The molecule has 124 valence electrons. The minimum Gasteiger partial charge on any atom is -0.462 e. The van der Waals surface area contributed by atoms with Crippen LogP contribution in [0.3, 0.4) is 0 Å². The van der Waals surface area contributed by atoms with E-state index in [1.54, 1.807) is 17.7 Å². The minimum atomic E-state index is -0.213. The second-order valence-electron chi connectivity index (χ2n) is 6.07. The molecule has 0 saturated heterocycles. The van der Waals surface area contributed by atoms with Gasteiger partial charge in [0.2, 0.25) is 0 Å². The molecule has 23 heavy (non-hydrogen) atoms. The number of aryl methyl sites for hydroxylation is 2. The van der Waals surface area contributed by atoms with Gasteiger partial charge in [-0.15, -0.1) is 11.3 Å². The number of ether oxygens (including phenoxy) is 1. The lowest BCUT2D eigenvalue weighted by atomic mass is 9.97. The van der Waals surface area contributed by atoms with Crippen LogP contribution in [0.25, 0.3) is 10.2 Å². The zero-order valence-electron chi connectivity index (χ0n) is 13.8. The number of esters is 1. The predicted molar refractivity (Wildman–Crippen MR) is 95.2 cm³/mol. The third kappa shape index (κ3) is 3.53. The van der Waals surface area contributed by atoms with Crippen molar-refractivity contribution in [1.29, 1.82) is 0 Å². The minimum absolute atomic E-state index is 0.0866. The topological polar surface area (TPSA) is 52.1 Å². The van der Waals surface area contributed by atoms with Crippen molar-refractivity contribution in [2.24, 2.45) is 0 Å². The van der Waals surface area contributed by atoms with Gasteiger partial charge in [0.05, 0.1) is 6.10 Å². The third-order valence-corrected chi connectivity index (χ3v) is 6.50. The Morgan fingerprint density at radius 1 is 1.35 bits per heavy atom. The average molecular weight is 351 g/mol. The molecule has 0 unspecified atom stereocenters. The van der Waals surface area contributed by atoms with E-state index >= 15 is 0 Å². The summed E-state index contributed by atoms with van der Waals surface area (Å²) in [5.41, 5.74) is 1.41. The summed E-state index contributed by atoms with van der Waals surface area (Å²) in [6.07, 6.45) is 6.99. The molecule has 3 rings (SSSR count). The van der Waals surface area contributed by atoms with Crippen molar-refractivity contribution in [3.05, 3.63) is 16.8 Å². The van der Waals surface area contributed by atoms with Crippen LogP contribution in [0.2, 0.25) is 0 Å². The van der Waals surface area contributed by atoms with Gasteiger partial charge < -0.3 is 4.74 Å². The smallest absolute Gasteiger partial charge is 0.319 e. The summed E-state index contributed by atoms with van der Waals surface area (Å²) in [6.45, 7) is 5.78. The van der Waals surface area contributed by atoms with Crippen LogP contribution in [0, 0.1) is 0 Å². The fourth-order valence-electron chi connectivity index (χ4n) is 2.89. The maximum absolute atomic E-state index is 12.3. The van der Waals surface area contributed by atoms with Crippen molar-refractivity contribution < 1.29 is 9.53 Å². The van der Waals surface area contributed by atoms with Crippen LogP contribution in [-0.2, 0) is 22.4 Å². The summed E-state index contributed by atoms with van der Waals surface area (Å²) in [5, 5.41) is 1.89. The number of hydrogen-bond acceptors (Lipinski definition) is 6. The number of hydrogen-bond donors (Lipinski definition) is 0. The molecule has 4 nitrogen and oxygen atoms in total. The van der Waals surface area contributed by atoms with Crippen molar-refractivity contribution in [3.63, 3.8) is 0 Å². The molecule has 0 aliphatic heterocycles. The predicted octanol–water partition coefficient (Wildman–Crippen LogP) is 4.39. The fraction of sp³-hybridized carbons (Fsp3) is 0.588. The molecule has 1 atom stereocenters. The number of carbonyl (C=O) groups is 1. The van der Waals surface area contributed by atoms with Gasteiger partial charge in [0, 0.05) is 10.3 Å². The van der Waals surface area contributed by atoms with Crippen molar-refractivity contribution in [3.8, 4) is 0 Å². The standard InChI is InChI=1S/C17H22N2O2S2/c1-4-12(17(20)21-10(2)3)22-15-14-11-7-5-6-8-13(11)23-16(14)19-9-18-15/h9-10,12H,4-8H2,1-3H3/t12-/m0/s1. The fourth-order valence-corrected chi connectivity index (χ4v) is 5.22. The molecule has 0 fully saturated rings. The van der Waals surface area contributed by atoms with Crippen molar-refractivity contribution in [1.82, 2.24) is 9.97 Å². The lowest BCUT2D eigenvalue weighted by Crippen LogP contribution is -2.23. The Hall–Kier alpha value is -1.14. The number of carbonyl (C=O) groups excluding carboxylic acids is 1. The lowest BCUT2D eigenvalue weighted by molar-refractivity contribution is -0.146. The highest BCUT2D eigenvalue weighted by atomic mass is 32.2.